The predicted octanol–water partition coefficient (Wildman–Crippen LogP) is 1.90. The Balaban J connectivity index is 2.02. The van der Waals surface area contributed by atoms with Crippen LogP contribution in [0.3, 0.4) is 0 Å². The first-order chi connectivity index (χ1) is 11.5. The van der Waals surface area contributed by atoms with Gasteiger partial charge >= 0.3 is 12.2 Å². The van der Waals surface area contributed by atoms with Crippen molar-refractivity contribution in [2.24, 2.45) is 0 Å². The topological polar surface area (TPSA) is 74.8 Å². The molecule has 2 rings (SSSR count). The minimum absolute atomic E-state index is 0.0280. The molecule has 1 saturated heterocycles. The van der Waals surface area contributed by atoms with E-state index in [1.807, 2.05) is 0 Å². The van der Waals surface area contributed by atoms with E-state index in [0.717, 1.165) is 17.0 Å². The smallest absolute Gasteiger partial charge is 0.311 e. The summed E-state index contributed by atoms with van der Waals surface area (Å²) >= 11 is 0. The predicted molar refractivity (Wildman–Crippen MR) is 83.3 cm³/mol. The normalized spacial score (nSPS) is 16.0. The number of hydrogen-bond acceptors (Lipinski definition) is 4. The molecule has 1 aliphatic rings. The molecule has 0 atom stereocenters. The molecule has 0 N–H and O–H groups in total. The summed E-state index contributed by atoms with van der Waals surface area (Å²) in [5, 5.41) is 0. The van der Waals surface area contributed by atoms with Crippen LogP contribution in [-0.4, -0.2) is 54.8 Å². The zero-order chi connectivity index (χ0) is 18.8. The summed E-state index contributed by atoms with van der Waals surface area (Å²) < 4.78 is 60.6. The third kappa shape index (κ3) is 4.71. The standard InChI is InChI=1S/C15H17F3N2O4S/c1-2-25(23,24)8-7-20-13(21)10-19(14(20)22)9-11-3-5-12(6-4-11)15(16,17)18/h3-6H,2,7-10H2,1H3. The highest BCUT2D eigenvalue weighted by molar-refractivity contribution is 7.91. The van der Waals surface area contributed by atoms with E-state index in [0.29, 0.717) is 5.56 Å². The van der Waals surface area contributed by atoms with Gasteiger partial charge < -0.3 is 4.90 Å². The van der Waals surface area contributed by atoms with Crippen LogP contribution in [0.2, 0.25) is 0 Å². The Kier molecular flexibility index (Phi) is 5.40. The molecule has 6 nitrogen and oxygen atoms in total. The lowest BCUT2D eigenvalue weighted by Crippen LogP contribution is -2.36. The van der Waals surface area contributed by atoms with Gasteiger partial charge in [-0.15, -0.1) is 0 Å². The van der Waals surface area contributed by atoms with E-state index in [1.165, 1.54) is 24.0 Å². The Hall–Kier alpha value is -2.10. The van der Waals surface area contributed by atoms with Crippen LogP contribution in [0.5, 0.6) is 0 Å². The highest BCUT2D eigenvalue weighted by Gasteiger charge is 2.36. The molecule has 1 aliphatic heterocycles. The van der Waals surface area contributed by atoms with Crippen molar-refractivity contribution < 1.29 is 31.2 Å². The van der Waals surface area contributed by atoms with E-state index in [1.54, 1.807) is 0 Å². The van der Waals surface area contributed by atoms with Crippen molar-refractivity contribution >= 4 is 21.8 Å². The van der Waals surface area contributed by atoms with Gasteiger partial charge in [-0.3, -0.25) is 9.69 Å². The number of rotatable bonds is 6. The third-order valence-electron chi connectivity index (χ3n) is 3.85. The summed E-state index contributed by atoms with van der Waals surface area (Å²) in [5.41, 5.74) is -0.358. The van der Waals surface area contributed by atoms with Crippen LogP contribution in [0, 0.1) is 0 Å². The minimum atomic E-state index is -4.44. The zero-order valence-corrected chi connectivity index (χ0v) is 14.2. The molecule has 25 heavy (non-hydrogen) atoms. The van der Waals surface area contributed by atoms with E-state index in [-0.39, 0.29) is 31.1 Å². The van der Waals surface area contributed by atoms with Gasteiger partial charge in [0.25, 0.3) is 0 Å². The molecule has 0 aromatic heterocycles. The summed E-state index contributed by atoms with van der Waals surface area (Å²) in [6, 6.07) is 3.65. The summed E-state index contributed by atoms with van der Waals surface area (Å²) in [6.07, 6.45) is -4.44. The Morgan fingerprint density at radius 3 is 2.24 bits per heavy atom. The number of carbonyl (C=O) groups excluding carboxylic acids is 2. The van der Waals surface area contributed by atoms with Crippen LogP contribution < -0.4 is 0 Å². The monoisotopic (exact) mass is 378 g/mol. The molecule has 3 amide bonds. The van der Waals surface area contributed by atoms with Crippen LogP contribution in [0.4, 0.5) is 18.0 Å². The molecule has 10 heteroatoms. The minimum Gasteiger partial charge on any atom is -0.311 e. The number of imide groups is 1. The van der Waals surface area contributed by atoms with Gasteiger partial charge in [0.2, 0.25) is 5.91 Å². The average Bonchev–Trinajstić information content (AvgIpc) is 2.79. The molecule has 0 aliphatic carbocycles. The first-order valence-corrected chi connectivity index (χ1v) is 9.31. The second kappa shape index (κ2) is 7.03. The van der Waals surface area contributed by atoms with E-state index in [2.05, 4.69) is 0 Å². The summed E-state index contributed by atoms with van der Waals surface area (Å²) in [6.45, 7) is 0.989. The maximum absolute atomic E-state index is 12.5. The average molecular weight is 378 g/mol. The van der Waals surface area contributed by atoms with Crippen molar-refractivity contribution in [2.45, 2.75) is 19.6 Å². The molecular formula is C15H17F3N2O4S. The van der Waals surface area contributed by atoms with E-state index >= 15 is 0 Å². The van der Waals surface area contributed by atoms with Crippen LogP contribution in [0.25, 0.3) is 0 Å². The van der Waals surface area contributed by atoms with Crippen molar-refractivity contribution in [2.75, 3.05) is 24.6 Å². The Morgan fingerprint density at radius 1 is 1.12 bits per heavy atom. The Labute approximate surface area is 143 Å². The van der Waals surface area contributed by atoms with Crippen molar-refractivity contribution in [1.29, 1.82) is 0 Å². The first-order valence-electron chi connectivity index (χ1n) is 7.49. The summed E-state index contributed by atoms with van der Waals surface area (Å²) in [5.74, 6) is -0.920. The number of alkyl halides is 3. The maximum Gasteiger partial charge on any atom is 0.416 e. The largest absolute Gasteiger partial charge is 0.416 e. The fourth-order valence-corrected chi connectivity index (χ4v) is 3.08. The summed E-state index contributed by atoms with van der Waals surface area (Å²) in [4.78, 5) is 26.1. The number of nitrogens with zero attached hydrogens (tertiary/aromatic N) is 2. The first kappa shape index (κ1) is 19.2. The van der Waals surface area contributed by atoms with Gasteiger partial charge in [0.05, 0.1) is 11.3 Å². The third-order valence-corrected chi connectivity index (χ3v) is 5.53. The van der Waals surface area contributed by atoms with Crippen molar-refractivity contribution in [3.8, 4) is 0 Å². The van der Waals surface area contributed by atoms with Gasteiger partial charge in [-0.1, -0.05) is 19.1 Å². The fourth-order valence-electron chi connectivity index (χ4n) is 2.33. The molecule has 1 aromatic carbocycles. The van der Waals surface area contributed by atoms with E-state index in [4.69, 9.17) is 0 Å². The van der Waals surface area contributed by atoms with Crippen LogP contribution in [0.15, 0.2) is 24.3 Å². The number of halogens is 3. The van der Waals surface area contributed by atoms with Crippen molar-refractivity contribution in [1.82, 2.24) is 9.80 Å². The molecular weight excluding hydrogens is 361 g/mol. The van der Waals surface area contributed by atoms with Gasteiger partial charge in [-0.05, 0) is 17.7 Å². The van der Waals surface area contributed by atoms with Crippen molar-refractivity contribution in [3.63, 3.8) is 0 Å². The Bertz CT molecular complexity index is 760. The van der Waals surface area contributed by atoms with Gasteiger partial charge in [-0.2, -0.15) is 13.2 Å². The van der Waals surface area contributed by atoms with Crippen LogP contribution >= 0.6 is 0 Å². The molecule has 1 heterocycles. The van der Waals surface area contributed by atoms with Gasteiger partial charge in [0, 0.05) is 18.8 Å². The quantitative estimate of drug-likeness (QED) is 0.709. The molecule has 0 bridgehead atoms. The van der Waals surface area contributed by atoms with Gasteiger partial charge in [-0.25, -0.2) is 13.2 Å². The maximum atomic E-state index is 12.5. The highest BCUT2D eigenvalue weighted by Crippen LogP contribution is 2.29. The second-order valence-electron chi connectivity index (χ2n) is 5.62. The highest BCUT2D eigenvalue weighted by atomic mass is 32.2. The number of carbonyl (C=O) groups is 2. The molecule has 0 unspecified atom stereocenters. The molecule has 1 aromatic rings. The SMILES string of the molecule is CCS(=O)(=O)CCN1C(=O)CN(Cc2ccc(C(F)(F)F)cc2)C1=O. The zero-order valence-electron chi connectivity index (χ0n) is 13.4. The van der Waals surface area contributed by atoms with Gasteiger partial charge in [0.15, 0.2) is 9.84 Å². The van der Waals surface area contributed by atoms with E-state index in [9.17, 15) is 31.2 Å². The molecule has 0 saturated carbocycles. The van der Waals surface area contributed by atoms with Crippen LogP contribution in [0.1, 0.15) is 18.1 Å². The summed E-state index contributed by atoms with van der Waals surface area (Å²) in [7, 11) is -3.32. The molecule has 0 radical (unpaired) electrons. The van der Waals surface area contributed by atoms with Gasteiger partial charge in [0.1, 0.15) is 6.54 Å². The molecule has 1 fully saturated rings. The number of benzene rings is 1. The lowest BCUT2D eigenvalue weighted by atomic mass is 10.1. The number of hydrogen-bond donors (Lipinski definition) is 0. The van der Waals surface area contributed by atoms with E-state index < -0.39 is 33.5 Å². The number of amides is 3. The van der Waals surface area contributed by atoms with Crippen molar-refractivity contribution in [3.05, 3.63) is 35.4 Å². The Morgan fingerprint density at radius 2 is 1.72 bits per heavy atom. The molecule has 138 valence electrons. The number of urea groups is 1. The number of sulfone groups is 1. The second-order valence-corrected chi connectivity index (χ2v) is 8.09. The fraction of sp³-hybridized carbons (Fsp3) is 0.467. The lowest BCUT2D eigenvalue weighted by Gasteiger charge is -2.17. The lowest BCUT2D eigenvalue weighted by molar-refractivity contribution is -0.137. The van der Waals surface area contributed by atoms with Crippen LogP contribution in [-0.2, 0) is 27.4 Å². The molecule has 0 spiro atoms.